The third kappa shape index (κ3) is 1.46. The van der Waals surface area contributed by atoms with E-state index >= 15 is 0 Å². The molecule has 0 unspecified atom stereocenters. The topological polar surface area (TPSA) is 0 Å². The number of aryl methyl sites for hydroxylation is 1. The van der Waals surface area contributed by atoms with Crippen LogP contribution in [0.5, 0.6) is 0 Å². The smallest absolute Gasteiger partial charge is 0.194 e. The van der Waals surface area contributed by atoms with Gasteiger partial charge in [-0.05, 0) is 18.1 Å². The molecule has 0 spiro atoms. The van der Waals surface area contributed by atoms with Crippen molar-refractivity contribution in [1.82, 2.24) is 0 Å². The Balaban J connectivity index is 2.35. The van der Waals surface area contributed by atoms with E-state index in [4.69, 9.17) is 0 Å². The summed E-state index contributed by atoms with van der Waals surface area (Å²) in [7, 11) is 0. The first-order chi connectivity index (χ1) is 5.67. The molecule has 0 radical (unpaired) electrons. The van der Waals surface area contributed by atoms with Crippen molar-refractivity contribution in [1.29, 1.82) is 0 Å². The summed E-state index contributed by atoms with van der Waals surface area (Å²) in [6, 6.07) is 7.36. The molecule has 64 valence electrons. The van der Waals surface area contributed by atoms with E-state index in [1.807, 2.05) is 12.1 Å². The fourth-order valence-electron chi connectivity index (χ4n) is 1.30. The Morgan fingerprint density at radius 2 is 2.00 bits per heavy atom. The standard InChI is InChI=1S/C9H8F2S/c10-9(11)6-5-7-3-1-2-4-8(7)12-9/h1-4H,5-6H2. The highest BCUT2D eigenvalue weighted by Crippen LogP contribution is 2.44. The number of benzene rings is 1. The molecule has 1 aromatic carbocycles. The molecule has 0 N–H and O–H groups in total. The maximum absolute atomic E-state index is 12.8. The van der Waals surface area contributed by atoms with Crippen molar-refractivity contribution in [2.24, 2.45) is 0 Å². The van der Waals surface area contributed by atoms with Gasteiger partial charge in [0.25, 0.3) is 5.25 Å². The number of hydrogen-bond donors (Lipinski definition) is 0. The average molecular weight is 186 g/mol. The summed E-state index contributed by atoms with van der Waals surface area (Å²) in [5.74, 6) is 0. The van der Waals surface area contributed by atoms with E-state index in [0.717, 1.165) is 10.5 Å². The van der Waals surface area contributed by atoms with Crippen LogP contribution in [0.2, 0.25) is 0 Å². The van der Waals surface area contributed by atoms with E-state index in [2.05, 4.69) is 0 Å². The number of thioether (sulfide) groups is 1. The summed E-state index contributed by atoms with van der Waals surface area (Å²) in [4.78, 5) is 0.730. The Labute approximate surface area is 74.0 Å². The monoisotopic (exact) mass is 186 g/mol. The Morgan fingerprint density at radius 1 is 1.25 bits per heavy atom. The van der Waals surface area contributed by atoms with Gasteiger partial charge in [0.15, 0.2) is 0 Å². The van der Waals surface area contributed by atoms with Gasteiger partial charge in [-0.3, -0.25) is 0 Å². The third-order valence-corrected chi connectivity index (χ3v) is 3.04. The lowest BCUT2D eigenvalue weighted by atomic mass is 10.1. The molecule has 3 heteroatoms. The summed E-state index contributed by atoms with van der Waals surface area (Å²) in [5.41, 5.74) is 1.05. The molecule has 0 amide bonds. The highest BCUT2D eigenvalue weighted by atomic mass is 32.2. The first-order valence-electron chi connectivity index (χ1n) is 3.82. The SMILES string of the molecule is FC1(F)CCc2ccccc2S1. The number of hydrogen-bond acceptors (Lipinski definition) is 1. The number of fused-ring (bicyclic) bond motifs is 1. The maximum atomic E-state index is 12.8. The van der Waals surface area contributed by atoms with Crippen molar-refractivity contribution in [3.8, 4) is 0 Å². The van der Waals surface area contributed by atoms with Crippen LogP contribution in [0.15, 0.2) is 29.2 Å². The molecular weight excluding hydrogens is 178 g/mol. The lowest BCUT2D eigenvalue weighted by molar-refractivity contribution is 0.0932. The first-order valence-corrected chi connectivity index (χ1v) is 4.64. The summed E-state index contributed by atoms with van der Waals surface area (Å²) >= 11 is 0.681. The molecule has 1 aromatic rings. The van der Waals surface area contributed by atoms with Crippen LogP contribution < -0.4 is 0 Å². The Bertz CT molecular complexity index is 296. The van der Waals surface area contributed by atoms with Crippen molar-refractivity contribution in [2.75, 3.05) is 0 Å². The van der Waals surface area contributed by atoms with Crippen LogP contribution in [-0.2, 0) is 6.42 Å². The zero-order valence-electron chi connectivity index (χ0n) is 6.39. The maximum Gasteiger partial charge on any atom is 0.298 e. The molecule has 0 atom stereocenters. The molecular formula is C9H8F2S. The van der Waals surface area contributed by atoms with Gasteiger partial charge >= 0.3 is 0 Å². The summed E-state index contributed by atoms with van der Waals surface area (Å²) in [6.45, 7) is 0. The van der Waals surface area contributed by atoms with E-state index in [1.165, 1.54) is 0 Å². The van der Waals surface area contributed by atoms with E-state index in [9.17, 15) is 8.78 Å². The molecule has 12 heavy (non-hydrogen) atoms. The molecule has 2 rings (SSSR count). The molecule has 0 fully saturated rings. The van der Waals surface area contributed by atoms with Crippen molar-refractivity contribution < 1.29 is 8.78 Å². The summed E-state index contributed by atoms with van der Waals surface area (Å²) < 4.78 is 25.7. The largest absolute Gasteiger partial charge is 0.298 e. The van der Waals surface area contributed by atoms with Gasteiger partial charge in [-0.1, -0.05) is 30.0 Å². The van der Waals surface area contributed by atoms with E-state index in [-0.39, 0.29) is 6.42 Å². The number of halogens is 2. The normalized spacial score (nSPS) is 20.2. The minimum Gasteiger partial charge on any atom is -0.194 e. The number of rotatable bonds is 0. The second kappa shape index (κ2) is 2.73. The molecule has 1 aliphatic rings. The van der Waals surface area contributed by atoms with Gasteiger partial charge in [0.05, 0.1) is 0 Å². The predicted molar refractivity (Wildman–Crippen MR) is 45.6 cm³/mol. The van der Waals surface area contributed by atoms with Crippen LogP contribution in [0.25, 0.3) is 0 Å². The van der Waals surface area contributed by atoms with Gasteiger partial charge < -0.3 is 0 Å². The van der Waals surface area contributed by atoms with Crippen LogP contribution in [0, 0.1) is 0 Å². The predicted octanol–water partition coefficient (Wildman–Crippen LogP) is 3.32. The quantitative estimate of drug-likeness (QED) is 0.599. The molecule has 1 heterocycles. The first kappa shape index (κ1) is 8.05. The van der Waals surface area contributed by atoms with Crippen LogP contribution in [0.1, 0.15) is 12.0 Å². The number of alkyl halides is 2. The highest BCUT2D eigenvalue weighted by Gasteiger charge is 2.34. The van der Waals surface area contributed by atoms with Crippen molar-refractivity contribution in [3.05, 3.63) is 29.8 Å². The Kier molecular flexibility index (Phi) is 1.83. The molecule has 0 saturated heterocycles. The van der Waals surface area contributed by atoms with Gasteiger partial charge in [0.2, 0.25) is 0 Å². The second-order valence-electron chi connectivity index (χ2n) is 2.85. The zero-order valence-corrected chi connectivity index (χ0v) is 7.20. The zero-order chi connectivity index (χ0) is 8.60. The van der Waals surface area contributed by atoms with Gasteiger partial charge in [0.1, 0.15) is 0 Å². The van der Waals surface area contributed by atoms with Crippen LogP contribution >= 0.6 is 11.8 Å². The minimum atomic E-state index is -2.56. The summed E-state index contributed by atoms with van der Waals surface area (Å²) in [6.07, 6.45) is 0.463. The van der Waals surface area contributed by atoms with Gasteiger partial charge in [-0.25, -0.2) is 0 Å². The third-order valence-electron chi connectivity index (χ3n) is 1.92. The fraction of sp³-hybridized carbons (Fsp3) is 0.333. The summed E-state index contributed by atoms with van der Waals surface area (Å²) in [5, 5.41) is -2.56. The van der Waals surface area contributed by atoms with E-state index in [0.29, 0.717) is 18.2 Å². The minimum absolute atomic E-state index is 0.0331. The van der Waals surface area contributed by atoms with Crippen molar-refractivity contribution >= 4 is 11.8 Å². The molecule has 0 aliphatic carbocycles. The van der Waals surface area contributed by atoms with Crippen molar-refractivity contribution in [3.63, 3.8) is 0 Å². The lowest BCUT2D eigenvalue weighted by Crippen LogP contribution is -2.16. The molecule has 0 bridgehead atoms. The average Bonchev–Trinajstić information content (AvgIpc) is 2.02. The molecule has 0 saturated carbocycles. The Morgan fingerprint density at radius 3 is 2.83 bits per heavy atom. The Hall–Kier alpha value is -0.570. The van der Waals surface area contributed by atoms with Crippen molar-refractivity contribution in [2.45, 2.75) is 23.0 Å². The van der Waals surface area contributed by atoms with E-state index < -0.39 is 5.25 Å². The van der Waals surface area contributed by atoms with Gasteiger partial charge in [-0.15, -0.1) is 0 Å². The lowest BCUT2D eigenvalue weighted by Gasteiger charge is -2.22. The van der Waals surface area contributed by atoms with E-state index in [1.54, 1.807) is 12.1 Å². The van der Waals surface area contributed by atoms with Crippen LogP contribution in [0.3, 0.4) is 0 Å². The molecule has 0 nitrogen and oxygen atoms in total. The van der Waals surface area contributed by atoms with Gasteiger partial charge in [0, 0.05) is 11.3 Å². The second-order valence-corrected chi connectivity index (χ2v) is 4.09. The fourth-order valence-corrected chi connectivity index (χ4v) is 2.28. The molecule has 0 aromatic heterocycles. The highest BCUT2D eigenvalue weighted by molar-refractivity contribution is 8.00. The van der Waals surface area contributed by atoms with Gasteiger partial charge in [-0.2, -0.15) is 8.78 Å². The van der Waals surface area contributed by atoms with Crippen LogP contribution in [-0.4, -0.2) is 5.25 Å². The molecule has 1 aliphatic heterocycles. The van der Waals surface area contributed by atoms with Crippen LogP contribution in [0.4, 0.5) is 8.78 Å².